The Bertz CT molecular complexity index is 408. The fraction of sp³-hybridized carbons (Fsp3) is 0.462. The van der Waals surface area contributed by atoms with Crippen molar-refractivity contribution < 1.29 is 13.9 Å². The van der Waals surface area contributed by atoms with Crippen molar-refractivity contribution in [3.05, 3.63) is 30.1 Å². The maximum Gasteiger partial charge on any atom is 0.241 e. The van der Waals surface area contributed by atoms with E-state index >= 15 is 0 Å². The van der Waals surface area contributed by atoms with Gasteiger partial charge in [-0.15, -0.1) is 12.4 Å². The largest absolute Gasteiger partial charge is 0.381 e. The van der Waals surface area contributed by atoms with Gasteiger partial charge in [-0.1, -0.05) is 0 Å². The molecule has 1 aliphatic heterocycles. The third kappa shape index (κ3) is 4.45. The molecular formula is C13H18ClFN2O2. The van der Waals surface area contributed by atoms with E-state index < -0.39 is 6.04 Å². The monoisotopic (exact) mass is 288 g/mol. The van der Waals surface area contributed by atoms with Crippen LogP contribution in [0.5, 0.6) is 0 Å². The van der Waals surface area contributed by atoms with Crippen LogP contribution in [-0.4, -0.2) is 25.2 Å². The van der Waals surface area contributed by atoms with Crippen molar-refractivity contribution in [2.45, 2.75) is 18.9 Å². The van der Waals surface area contributed by atoms with Crippen LogP contribution in [0.3, 0.4) is 0 Å². The van der Waals surface area contributed by atoms with Crippen molar-refractivity contribution in [2.24, 2.45) is 11.7 Å². The number of halogens is 2. The fourth-order valence-corrected chi connectivity index (χ4v) is 2.05. The van der Waals surface area contributed by atoms with E-state index in [4.69, 9.17) is 10.5 Å². The van der Waals surface area contributed by atoms with Gasteiger partial charge in [0.05, 0.1) is 6.04 Å². The minimum Gasteiger partial charge on any atom is -0.381 e. The summed E-state index contributed by atoms with van der Waals surface area (Å²) in [4.78, 5) is 11.9. The van der Waals surface area contributed by atoms with Gasteiger partial charge in [0, 0.05) is 18.9 Å². The Labute approximate surface area is 117 Å². The van der Waals surface area contributed by atoms with E-state index in [9.17, 15) is 9.18 Å². The average Bonchev–Trinajstić information content (AvgIpc) is 2.41. The molecule has 0 bridgehead atoms. The highest BCUT2D eigenvalue weighted by Crippen LogP contribution is 2.19. The normalized spacial score (nSPS) is 17.4. The van der Waals surface area contributed by atoms with E-state index in [1.165, 1.54) is 24.3 Å². The Morgan fingerprint density at radius 3 is 2.47 bits per heavy atom. The van der Waals surface area contributed by atoms with Crippen LogP contribution in [0.15, 0.2) is 24.3 Å². The van der Waals surface area contributed by atoms with Crippen LogP contribution in [0, 0.1) is 11.7 Å². The second-order valence-electron chi connectivity index (χ2n) is 4.47. The van der Waals surface area contributed by atoms with Crippen molar-refractivity contribution in [3.8, 4) is 0 Å². The molecule has 1 unspecified atom stereocenters. The quantitative estimate of drug-likeness (QED) is 0.893. The molecule has 19 heavy (non-hydrogen) atoms. The average molecular weight is 289 g/mol. The van der Waals surface area contributed by atoms with Gasteiger partial charge in [0.25, 0.3) is 0 Å². The summed E-state index contributed by atoms with van der Waals surface area (Å²) < 4.78 is 18.0. The smallest absolute Gasteiger partial charge is 0.241 e. The minimum atomic E-state index is -0.543. The number of rotatable bonds is 3. The summed E-state index contributed by atoms with van der Waals surface area (Å²) in [6, 6.07) is 5.10. The first-order valence-corrected chi connectivity index (χ1v) is 6.06. The SMILES string of the molecule is Cl.NC(C(=O)Nc1ccc(F)cc1)C1CCOCC1. The second-order valence-corrected chi connectivity index (χ2v) is 4.47. The maximum absolute atomic E-state index is 12.7. The molecule has 1 heterocycles. The van der Waals surface area contributed by atoms with E-state index in [0.717, 1.165) is 12.8 Å². The van der Waals surface area contributed by atoms with Crippen LogP contribution < -0.4 is 11.1 Å². The molecular weight excluding hydrogens is 271 g/mol. The molecule has 0 radical (unpaired) electrons. The van der Waals surface area contributed by atoms with E-state index in [1.54, 1.807) is 0 Å². The first kappa shape index (κ1) is 15.9. The summed E-state index contributed by atoms with van der Waals surface area (Å²) in [6.07, 6.45) is 1.61. The van der Waals surface area contributed by atoms with E-state index in [0.29, 0.717) is 18.9 Å². The van der Waals surface area contributed by atoms with Crippen molar-refractivity contribution in [3.63, 3.8) is 0 Å². The van der Waals surface area contributed by atoms with Gasteiger partial charge in [-0.25, -0.2) is 4.39 Å². The molecule has 0 aromatic heterocycles. The minimum absolute atomic E-state index is 0. The molecule has 1 aliphatic rings. The molecule has 3 N–H and O–H groups in total. The number of hydrogen-bond acceptors (Lipinski definition) is 3. The van der Waals surface area contributed by atoms with E-state index in [2.05, 4.69) is 5.32 Å². The van der Waals surface area contributed by atoms with Crippen LogP contribution >= 0.6 is 12.4 Å². The number of nitrogens with one attached hydrogen (secondary N) is 1. The molecule has 1 aromatic carbocycles. The first-order valence-electron chi connectivity index (χ1n) is 6.06. The third-order valence-corrected chi connectivity index (χ3v) is 3.19. The number of anilines is 1. The molecule has 0 aliphatic carbocycles. The van der Waals surface area contributed by atoms with Gasteiger partial charge in [0.1, 0.15) is 5.82 Å². The molecule has 106 valence electrons. The summed E-state index contributed by atoms with van der Waals surface area (Å²) in [7, 11) is 0. The number of carbonyl (C=O) groups excluding carboxylic acids is 1. The predicted molar refractivity (Wildman–Crippen MR) is 73.8 cm³/mol. The number of hydrogen-bond donors (Lipinski definition) is 2. The second kappa shape index (κ2) is 7.43. The lowest BCUT2D eigenvalue weighted by Gasteiger charge is -2.26. The van der Waals surface area contributed by atoms with Crippen molar-refractivity contribution >= 4 is 24.0 Å². The summed E-state index contributed by atoms with van der Waals surface area (Å²) in [5, 5.41) is 2.69. The van der Waals surface area contributed by atoms with Crippen molar-refractivity contribution in [2.75, 3.05) is 18.5 Å². The zero-order valence-corrected chi connectivity index (χ0v) is 11.3. The molecule has 1 atom stereocenters. The summed E-state index contributed by atoms with van der Waals surface area (Å²) in [6.45, 7) is 1.31. The van der Waals surface area contributed by atoms with Gasteiger partial charge in [0.2, 0.25) is 5.91 Å². The number of carbonyl (C=O) groups is 1. The lowest BCUT2D eigenvalue weighted by atomic mass is 9.92. The third-order valence-electron chi connectivity index (χ3n) is 3.19. The zero-order chi connectivity index (χ0) is 13.0. The number of ether oxygens (including phenoxy) is 1. The number of benzene rings is 1. The molecule has 1 amide bonds. The van der Waals surface area contributed by atoms with E-state index in [1.807, 2.05) is 0 Å². The summed E-state index contributed by atoms with van der Waals surface area (Å²) >= 11 is 0. The molecule has 0 spiro atoms. The lowest BCUT2D eigenvalue weighted by Crippen LogP contribution is -2.43. The van der Waals surface area contributed by atoms with Crippen molar-refractivity contribution in [1.82, 2.24) is 0 Å². The summed E-state index contributed by atoms with van der Waals surface area (Å²) in [5.41, 5.74) is 6.49. The van der Waals surface area contributed by atoms with Crippen LogP contribution in [0.1, 0.15) is 12.8 Å². The maximum atomic E-state index is 12.7. The van der Waals surface area contributed by atoms with Gasteiger partial charge in [-0.05, 0) is 43.0 Å². The van der Waals surface area contributed by atoms with Crippen LogP contribution in [0.2, 0.25) is 0 Å². The molecule has 1 aromatic rings. The highest BCUT2D eigenvalue weighted by atomic mass is 35.5. The van der Waals surface area contributed by atoms with Crippen LogP contribution in [-0.2, 0) is 9.53 Å². The van der Waals surface area contributed by atoms with Crippen LogP contribution in [0.4, 0.5) is 10.1 Å². The Balaban J connectivity index is 0.00000180. The fourth-order valence-electron chi connectivity index (χ4n) is 2.05. The standard InChI is InChI=1S/C13H17FN2O2.ClH/c14-10-1-3-11(4-2-10)16-13(17)12(15)9-5-7-18-8-6-9;/h1-4,9,12H,5-8,15H2,(H,16,17);1H. The first-order chi connectivity index (χ1) is 8.66. The Morgan fingerprint density at radius 2 is 1.89 bits per heavy atom. The molecule has 4 nitrogen and oxygen atoms in total. The molecule has 2 rings (SSSR count). The lowest BCUT2D eigenvalue weighted by molar-refractivity contribution is -0.119. The number of amides is 1. The Morgan fingerprint density at radius 1 is 1.32 bits per heavy atom. The molecule has 6 heteroatoms. The van der Waals surface area contributed by atoms with Gasteiger partial charge < -0.3 is 15.8 Å². The molecule has 1 fully saturated rings. The van der Waals surface area contributed by atoms with Gasteiger partial charge in [-0.2, -0.15) is 0 Å². The number of nitrogens with two attached hydrogens (primary N) is 1. The molecule has 0 saturated carbocycles. The predicted octanol–water partition coefficient (Wildman–Crippen LogP) is 1.94. The van der Waals surface area contributed by atoms with Gasteiger partial charge in [-0.3, -0.25) is 4.79 Å². The van der Waals surface area contributed by atoms with Crippen molar-refractivity contribution in [1.29, 1.82) is 0 Å². The Kier molecular flexibility index (Phi) is 6.21. The highest BCUT2D eigenvalue weighted by molar-refractivity contribution is 5.94. The zero-order valence-electron chi connectivity index (χ0n) is 10.5. The summed E-state index contributed by atoms with van der Waals surface area (Å²) in [5.74, 6) is -0.408. The van der Waals surface area contributed by atoms with Crippen LogP contribution in [0.25, 0.3) is 0 Å². The highest BCUT2D eigenvalue weighted by Gasteiger charge is 2.26. The van der Waals surface area contributed by atoms with E-state index in [-0.39, 0.29) is 30.0 Å². The van der Waals surface area contributed by atoms with Gasteiger partial charge in [0.15, 0.2) is 0 Å². The van der Waals surface area contributed by atoms with Gasteiger partial charge >= 0.3 is 0 Å². The topological polar surface area (TPSA) is 64.4 Å². The molecule has 1 saturated heterocycles. The Hall–Kier alpha value is -1.17.